The molecule has 92 valence electrons. The average molecular weight is 241 g/mol. The van der Waals surface area contributed by atoms with Crippen molar-refractivity contribution in [3.8, 4) is 0 Å². The molecule has 0 bridgehead atoms. The Morgan fingerprint density at radius 3 is 2.39 bits per heavy atom. The van der Waals surface area contributed by atoms with Crippen LogP contribution in [0.15, 0.2) is 48.8 Å². The fourth-order valence-corrected chi connectivity index (χ4v) is 1.68. The van der Waals surface area contributed by atoms with E-state index in [-0.39, 0.29) is 5.91 Å². The van der Waals surface area contributed by atoms with Crippen LogP contribution in [0.4, 0.5) is 5.69 Å². The van der Waals surface area contributed by atoms with Gasteiger partial charge in [0.2, 0.25) is 0 Å². The van der Waals surface area contributed by atoms with Crippen LogP contribution in [-0.4, -0.2) is 22.8 Å². The molecule has 0 aliphatic carbocycles. The summed E-state index contributed by atoms with van der Waals surface area (Å²) in [4.78, 5) is 17.7. The maximum Gasteiger partial charge on any atom is 0.253 e. The highest BCUT2D eigenvalue weighted by molar-refractivity contribution is 5.94. The molecule has 1 heterocycles. The van der Waals surface area contributed by atoms with E-state index < -0.39 is 0 Å². The highest BCUT2D eigenvalue weighted by atomic mass is 16.2. The molecular formula is C14H15N3O. The largest absolute Gasteiger partial charge is 0.399 e. The average Bonchev–Trinajstić information content (AvgIpc) is 2.40. The Morgan fingerprint density at radius 2 is 1.78 bits per heavy atom. The van der Waals surface area contributed by atoms with Gasteiger partial charge in [-0.05, 0) is 42.0 Å². The number of carbonyl (C=O) groups excluding carboxylic acids is 1. The number of aromatic nitrogens is 1. The molecule has 0 atom stereocenters. The van der Waals surface area contributed by atoms with E-state index in [2.05, 4.69) is 4.98 Å². The Kier molecular flexibility index (Phi) is 3.57. The number of nitrogen functional groups attached to an aromatic ring is 1. The quantitative estimate of drug-likeness (QED) is 0.835. The maximum absolute atomic E-state index is 12.1. The molecule has 0 aliphatic heterocycles. The summed E-state index contributed by atoms with van der Waals surface area (Å²) in [6.45, 7) is 0.561. The Balaban J connectivity index is 2.07. The van der Waals surface area contributed by atoms with Crippen molar-refractivity contribution < 1.29 is 4.79 Å². The summed E-state index contributed by atoms with van der Waals surface area (Å²) in [5.74, 6) is -0.0215. The lowest BCUT2D eigenvalue weighted by Crippen LogP contribution is -2.26. The van der Waals surface area contributed by atoms with Crippen LogP contribution in [0.25, 0.3) is 0 Å². The van der Waals surface area contributed by atoms with E-state index in [0.29, 0.717) is 17.8 Å². The number of carbonyl (C=O) groups is 1. The first-order valence-corrected chi connectivity index (χ1v) is 5.67. The third kappa shape index (κ3) is 2.85. The monoisotopic (exact) mass is 241 g/mol. The number of benzene rings is 1. The SMILES string of the molecule is CN(Cc1ccncc1)C(=O)c1ccc(N)cc1. The van der Waals surface area contributed by atoms with Gasteiger partial charge in [0.15, 0.2) is 0 Å². The zero-order valence-electron chi connectivity index (χ0n) is 10.2. The molecule has 0 radical (unpaired) electrons. The first kappa shape index (κ1) is 12.1. The zero-order chi connectivity index (χ0) is 13.0. The van der Waals surface area contributed by atoms with Crippen molar-refractivity contribution in [2.45, 2.75) is 6.54 Å². The molecule has 0 unspecified atom stereocenters. The Bertz CT molecular complexity index is 522. The minimum atomic E-state index is -0.0215. The van der Waals surface area contributed by atoms with E-state index in [0.717, 1.165) is 5.56 Å². The van der Waals surface area contributed by atoms with E-state index in [4.69, 9.17) is 5.73 Å². The van der Waals surface area contributed by atoms with Crippen LogP contribution in [0, 0.1) is 0 Å². The molecule has 4 nitrogen and oxygen atoms in total. The molecule has 18 heavy (non-hydrogen) atoms. The van der Waals surface area contributed by atoms with Crippen LogP contribution < -0.4 is 5.73 Å². The first-order chi connectivity index (χ1) is 8.66. The molecule has 2 aromatic rings. The number of nitrogens with zero attached hydrogens (tertiary/aromatic N) is 2. The van der Waals surface area contributed by atoms with Crippen LogP contribution in [0.1, 0.15) is 15.9 Å². The minimum Gasteiger partial charge on any atom is -0.399 e. The van der Waals surface area contributed by atoms with Gasteiger partial charge in [-0.3, -0.25) is 9.78 Å². The molecule has 0 saturated carbocycles. The summed E-state index contributed by atoms with van der Waals surface area (Å²) in [5, 5.41) is 0. The number of nitrogens with two attached hydrogens (primary N) is 1. The normalized spacial score (nSPS) is 10.1. The lowest BCUT2D eigenvalue weighted by Gasteiger charge is -2.17. The van der Waals surface area contributed by atoms with Crippen LogP contribution in [0.3, 0.4) is 0 Å². The second-order valence-electron chi connectivity index (χ2n) is 4.14. The van der Waals surface area contributed by atoms with Gasteiger partial charge in [0, 0.05) is 37.2 Å². The van der Waals surface area contributed by atoms with Crippen LogP contribution >= 0.6 is 0 Å². The van der Waals surface area contributed by atoms with E-state index in [1.54, 1.807) is 48.6 Å². The van der Waals surface area contributed by atoms with E-state index in [9.17, 15) is 4.79 Å². The van der Waals surface area contributed by atoms with Gasteiger partial charge >= 0.3 is 0 Å². The van der Waals surface area contributed by atoms with E-state index >= 15 is 0 Å². The van der Waals surface area contributed by atoms with Crippen molar-refractivity contribution in [3.63, 3.8) is 0 Å². The van der Waals surface area contributed by atoms with Crippen molar-refractivity contribution >= 4 is 11.6 Å². The fourth-order valence-electron chi connectivity index (χ4n) is 1.68. The number of hydrogen-bond donors (Lipinski definition) is 1. The highest BCUT2D eigenvalue weighted by Crippen LogP contribution is 2.10. The molecule has 1 aromatic heterocycles. The molecule has 1 amide bonds. The second kappa shape index (κ2) is 5.31. The van der Waals surface area contributed by atoms with Crippen molar-refractivity contribution in [1.82, 2.24) is 9.88 Å². The van der Waals surface area contributed by atoms with Gasteiger partial charge in [-0.25, -0.2) is 0 Å². The third-order valence-corrected chi connectivity index (χ3v) is 2.67. The first-order valence-electron chi connectivity index (χ1n) is 5.67. The molecular weight excluding hydrogens is 226 g/mol. The third-order valence-electron chi connectivity index (χ3n) is 2.67. The number of hydrogen-bond acceptors (Lipinski definition) is 3. The van der Waals surface area contributed by atoms with Gasteiger partial charge in [-0.15, -0.1) is 0 Å². The van der Waals surface area contributed by atoms with Crippen molar-refractivity contribution in [2.75, 3.05) is 12.8 Å². The Morgan fingerprint density at radius 1 is 1.17 bits per heavy atom. The van der Waals surface area contributed by atoms with Gasteiger partial charge in [-0.2, -0.15) is 0 Å². The second-order valence-corrected chi connectivity index (χ2v) is 4.14. The lowest BCUT2D eigenvalue weighted by atomic mass is 10.1. The highest BCUT2D eigenvalue weighted by Gasteiger charge is 2.11. The Hall–Kier alpha value is -2.36. The van der Waals surface area contributed by atoms with E-state index in [1.807, 2.05) is 12.1 Å². The summed E-state index contributed by atoms with van der Waals surface area (Å²) < 4.78 is 0. The molecule has 4 heteroatoms. The van der Waals surface area contributed by atoms with Gasteiger partial charge in [0.1, 0.15) is 0 Å². The van der Waals surface area contributed by atoms with Crippen molar-refractivity contribution in [1.29, 1.82) is 0 Å². The fraction of sp³-hybridized carbons (Fsp3) is 0.143. The summed E-state index contributed by atoms with van der Waals surface area (Å²) in [6, 6.07) is 10.7. The number of pyridine rings is 1. The van der Waals surface area contributed by atoms with Crippen molar-refractivity contribution in [2.24, 2.45) is 0 Å². The molecule has 0 spiro atoms. The van der Waals surface area contributed by atoms with Gasteiger partial charge < -0.3 is 10.6 Å². The lowest BCUT2D eigenvalue weighted by molar-refractivity contribution is 0.0785. The van der Waals surface area contributed by atoms with Crippen molar-refractivity contribution in [3.05, 3.63) is 59.9 Å². The van der Waals surface area contributed by atoms with Crippen LogP contribution in [0.2, 0.25) is 0 Å². The Labute approximate surface area is 106 Å². The van der Waals surface area contributed by atoms with Gasteiger partial charge in [0.05, 0.1) is 0 Å². The molecule has 2 rings (SSSR count). The predicted molar refractivity (Wildman–Crippen MR) is 70.9 cm³/mol. The van der Waals surface area contributed by atoms with Crippen LogP contribution in [0.5, 0.6) is 0 Å². The number of anilines is 1. The predicted octanol–water partition coefficient (Wildman–Crippen LogP) is 1.94. The van der Waals surface area contributed by atoms with Gasteiger partial charge in [0.25, 0.3) is 5.91 Å². The zero-order valence-corrected chi connectivity index (χ0v) is 10.2. The standard InChI is InChI=1S/C14H15N3O/c1-17(10-11-6-8-16-9-7-11)14(18)12-2-4-13(15)5-3-12/h2-9H,10,15H2,1H3. The molecule has 2 N–H and O–H groups in total. The molecule has 0 fully saturated rings. The number of rotatable bonds is 3. The summed E-state index contributed by atoms with van der Waals surface area (Å²) in [7, 11) is 1.78. The molecule has 0 saturated heterocycles. The van der Waals surface area contributed by atoms with E-state index in [1.165, 1.54) is 0 Å². The summed E-state index contributed by atoms with van der Waals surface area (Å²) in [5.41, 5.74) is 7.94. The number of amides is 1. The molecule has 1 aromatic carbocycles. The van der Waals surface area contributed by atoms with Crippen LogP contribution in [-0.2, 0) is 6.54 Å². The van der Waals surface area contributed by atoms with Gasteiger partial charge in [-0.1, -0.05) is 0 Å². The smallest absolute Gasteiger partial charge is 0.253 e. The summed E-state index contributed by atoms with van der Waals surface area (Å²) >= 11 is 0. The topological polar surface area (TPSA) is 59.2 Å². The molecule has 0 aliphatic rings. The summed E-state index contributed by atoms with van der Waals surface area (Å²) in [6.07, 6.45) is 3.44. The minimum absolute atomic E-state index is 0.0215. The maximum atomic E-state index is 12.1.